The van der Waals surface area contributed by atoms with Crippen molar-refractivity contribution in [3.8, 4) is 0 Å². The van der Waals surface area contributed by atoms with Crippen LogP contribution in [0.25, 0.3) is 0 Å². The number of nitrogens with one attached hydrogen (secondary N) is 2. The van der Waals surface area contributed by atoms with Gasteiger partial charge in [0.05, 0.1) is 17.6 Å². The average molecular weight is 378 g/mol. The molecule has 0 bridgehead atoms. The van der Waals surface area contributed by atoms with Gasteiger partial charge in [0.2, 0.25) is 0 Å². The van der Waals surface area contributed by atoms with Crippen molar-refractivity contribution in [3.05, 3.63) is 51.7 Å². The van der Waals surface area contributed by atoms with Gasteiger partial charge in [-0.3, -0.25) is 9.59 Å². The maximum atomic E-state index is 13.0. The fraction of sp³-hybridized carbons (Fsp3) is 0.278. The number of methoxy groups -OCH3 is 1. The van der Waals surface area contributed by atoms with Crippen LogP contribution in [0.3, 0.4) is 0 Å². The van der Waals surface area contributed by atoms with Gasteiger partial charge in [-0.05, 0) is 43.2 Å². The molecule has 0 aliphatic rings. The topological polar surface area (TPSA) is 84.5 Å². The van der Waals surface area contributed by atoms with Crippen molar-refractivity contribution in [2.75, 3.05) is 19.0 Å². The molecule has 0 radical (unpaired) electrons. The number of halogens is 1. The molecule has 0 saturated carbocycles. The third-order valence-corrected chi connectivity index (χ3v) is 4.82. The second-order valence-corrected chi connectivity index (χ2v) is 6.49. The van der Waals surface area contributed by atoms with Crippen molar-refractivity contribution >= 4 is 34.1 Å². The molecule has 0 saturated heterocycles. The SMILES string of the molecule is CCCNC(=O)c1sc(NC(=O)c2ccc(F)cc2)c(C(=O)OC)c1C. The lowest BCUT2D eigenvalue weighted by Crippen LogP contribution is -2.23. The zero-order valence-electron chi connectivity index (χ0n) is 14.6. The van der Waals surface area contributed by atoms with Crippen molar-refractivity contribution in [2.24, 2.45) is 0 Å². The lowest BCUT2D eigenvalue weighted by atomic mass is 10.1. The molecule has 2 amide bonds. The predicted octanol–water partition coefficient (Wildman–Crippen LogP) is 3.37. The Morgan fingerprint density at radius 1 is 1.15 bits per heavy atom. The number of hydrogen-bond acceptors (Lipinski definition) is 5. The molecule has 26 heavy (non-hydrogen) atoms. The summed E-state index contributed by atoms with van der Waals surface area (Å²) >= 11 is 0.996. The van der Waals surface area contributed by atoms with Gasteiger partial charge in [-0.1, -0.05) is 6.92 Å². The van der Waals surface area contributed by atoms with Crippen molar-refractivity contribution in [1.82, 2.24) is 5.32 Å². The number of carbonyl (C=O) groups is 3. The lowest BCUT2D eigenvalue weighted by Gasteiger charge is -2.06. The van der Waals surface area contributed by atoms with Gasteiger partial charge >= 0.3 is 5.97 Å². The zero-order valence-corrected chi connectivity index (χ0v) is 15.5. The van der Waals surface area contributed by atoms with E-state index in [1.807, 2.05) is 6.92 Å². The summed E-state index contributed by atoms with van der Waals surface area (Å²) in [6.07, 6.45) is 0.772. The molecule has 138 valence electrons. The van der Waals surface area contributed by atoms with Crippen LogP contribution in [0.2, 0.25) is 0 Å². The van der Waals surface area contributed by atoms with Crippen LogP contribution in [-0.2, 0) is 4.74 Å². The van der Waals surface area contributed by atoms with E-state index in [9.17, 15) is 18.8 Å². The number of rotatable bonds is 6. The largest absolute Gasteiger partial charge is 0.465 e. The Morgan fingerprint density at radius 2 is 1.81 bits per heavy atom. The highest BCUT2D eigenvalue weighted by Gasteiger charge is 2.26. The van der Waals surface area contributed by atoms with Gasteiger partial charge in [0, 0.05) is 12.1 Å². The van der Waals surface area contributed by atoms with E-state index in [1.54, 1.807) is 6.92 Å². The molecule has 8 heteroatoms. The van der Waals surface area contributed by atoms with Crippen molar-refractivity contribution in [3.63, 3.8) is 0 Å². The van der Waals surface area contributed by atoms with E-state index < -0.39 is 17.7 Å². The maximum absolute atomic E-state index is 13.0. The van der Waals surface area contributed by atoms with Gasteiger partial charge in [-0.25, -0.2) is 9.18 Å². The van der Waals surface area contributed by atoms with E-state index in [-0.39, 0.29) is 22.0 Å². The van der Waals surface area contributed by atoms with E-state index in [0.29, 0.717) is 17.0 Å². The Bertz CT molecular complexity index is 830. The molecule has 2 rings (SSSR count). The number of thiophene rings is 1. The van der Waals surface area contributed by atoms with Gasteiger partial charge < -0.3 is 15.4 Å². The number of benzene rings is 1. The summed E-state index contributed by atoms with van der Waals surface area (Å²) in [5, 5.41) is 5.57. The summed E-state index contributed by atoms with van der Waals surface area (Å²) in [5.74, 6) is -1.94. The second-order valence-electron chi connectivity index (χ2n) is 5.47. The summed E-state index contributed by atoms with van der Waals surface area (Å²) in [6, 6.07) is 4.99. The first-order valence-electron chi connectivity index (χ1n) is 7.95. The number of ether oxygens (including phenoxy) is 1. The van der Waals surface area contributed by atoms with Gasteiger partial charge in [-0.2, -0.15) is 0 Å². The first-order valence-corrected chi connectivity index (χ1v) is 8.77. The van der Waals surface area contributed by atoms with Crippen LogP contribution in [0.4, 0.5) is 9.39 Å². The maximum Gasteiger partial charge on any atom is 0.341 e. The summed E-state index contributed by atoms with van der Waals surface area (Å²) in [6.45, 7) is 4.05. The molecule has 0 aliphatic carbocycles. The third kappa shape index (κ3) is 4.26. The first kappa shape index (κ1) is 19.6. The summed E-state index contributed by atoms with van der Waals surface area (Å²) < 4.78 is 17.8. The standard InChI is InChI=1S/C18H19FN2O4S/c1-4-9-20-16(23)14-10(2)13(18(24)25-3)17(26-14)21-15(22)11-5-7-12(19)8-6-11/h5-8H,4,9H2,1-3H3,(H,20,23)(H,21,22). The molecule has 1 aromatic heterocycles. The van der Waals surface area contributed by atoms with Crippen LogP contribution >= 0.6 is 11.3 Å². The molecular weight excluding hydrogens is 359 g/mol. The molecule has 0 atom stereocenters. The molecule has 0 unspecified atom stereocenters. The fourth-order valence-electron chi connectivity index (χ4n) is 2.26. The third-order valence-electron chi connectivity index (χ3n) is 3.61. The monoisotopic (exact) mass is 378 g/mol. The Hall–Kier alpha value is -2.74. The number of carbonyl (C=O) groups excluding carboxylic acids is 3. The van der Waals surface area contributed by atoms with E-state index in [4.69, 9.17) is 4.74 Å². The number of amides is 2. The molecular formula is C18H19FN2O4S. The minimum absolute atomic E-state index is 0.134. The quantitative estimate of drug-likeness (QED) is 0.755. The summed E-state index contributed by atoms with van der Waals surface area (Å²) in [5.41, 5.74) is 0.796. The highest BCUT2D eigenvalue weighted by molar-refractivity contribution is 7.18. The minimum Gasteiger partial charge on any atom is -0.465 e. The first-order chi connectivity index (χ1) is 12.4. The van der Waals surface area contributed by atoms with Crippen LogP contribution in [0.5, 0.6) is 0 Å². The normalized spacial score (nSPS) is 10.3. The molecule has 2 N–H and O–H groups in total. The number of anilines is 1. The van der Waals surface area contributed by atoms with Crippen molar-refractivity contribution in [1.29, 1.82) is 0 Å². The number of esters is 1. The predicted molar refractivity (Wildman–Crippen MR) is 97.4 cm³/mol. The highest BCUT2D eigenvalue weighted by atomic mass is 32.1. The smallest absolute Gasteiger partial charge is 0.341 e. The Labute approximate surface area is 154 Å². The zero-order chi connectivity index (χ0) is 19.3. The molecule has 2 aromatic rings. The molecule has 0 fully saturated rings. The van der Waals surface area contributed by atoms with Crippen LogP contribution in [0, 0.1) is 12.7 Å². The summed E-state index contributed by atoms with van der Waals surface area (Å²) in [7, 11) is 1.22. The van der Waals surface area contributed by atoms with Crippen LogP contribution in [-0.4, -0.2) is 31.4 Å². The van der Waals surface area contributed by atoms with Crippen LogP contribution in [0.1, 0.15) is 49.3 Å². The molecule has 6 nitrogen and oxygen atoms in total. The van der Waals surface area contributed by atoms with Gasteiger partial charge in [-0.15, -0.1) is 11.3 Å². The Balaban J connectivity index is 2.36. The van der Waals surface area contributed by atoms with Crippen molar-refractivity contribution in [2.45, 2.75) is 20.3 Å². The average Bonchev–Trinajstić information content (AvgIpc) is 2.95. The van der Waals surface area contributed by atoms with Gasteiger partial charge in [0.1, 0.15) is 10.8 Å². The molecule has 1 aromatic carbocycles. The number of hydrogen-bond donors (Lipinski definition) is 2. The second kappa shape index (κ2) is 8.57. The van der Waals surface area contributed by atoms with Crippen LogP contribution in [0.15, 0.2) is 24.3 Å². The van der Waals surface area contributed by atoms with E-state index in [2.05, 4.69) is 10.6 Å². The lowest BCUT2D eigenvalue weighted by molar-refractivity contribution is 0.0601. The fourth-order valence-corrected chi connectivity index (χ4v) is 3.37. The molecule has 0 spiro atoms. The molecule has 1 heterocycles. The van der Waals surface area contributed by atoms with E-state index >= 15 is 0 Å². The van der Waals surface area contributed by atoms with Crippen LogP contribution < -0.4 is 10.6 Å². The van der Waals surface area contributed by atoms with Crippen molar-refractivity contribution < 1.29 is 23.5 Å². The Morgan fingerprint density at radius 3 is 2.38 bits per heavy atom. The minimum atomic E-state index is -0.650. The molecule has 0 aliphatic heterocycles. The van der Waals surface area contributed by atoms with Gasteiger partial charge in [0.15, 0.2) is 0 Å². The van der Waals surface area contributed by atoms with E-state index in [0.717, 1.165) is 17.8 Å². The van der Waals surface area contributed by atoms with Gasteiger partial charge in [0.25, 0.3) is 11.8 Å². The Kier molecular flexibility index (Phi) is 6.46. The summed E-state index contributed by atoms with van der Waals surface area (Å²) in [4.78, 5) is 37.1. The van der Waals surface area contributed by atoms with E-state index in [1.165, 1.54) is 31.4 Å². The highest BCUT2D eigenvalue weighted by Crippen LogP contribution is 2.34.